The predicted molar refractivity (Wildman–Crippen MR) is 239 cm³/mol. The first-order valence-electron chi connectivity index (χ1n) is 20.1. The summed E-state index contributed by atoms with van der Waals surface area (Å²) in [6, 6.07) is 53.4. The normalized spacial score (nSPS) is 18.2. The van der Waals surface area contributed by atoms with Crippen molar-refractivity contribution in [2.45, 2.75) is 34.1 Å². The molecule has 0 spiro atoms. The van der Waals surface area contributed by atoms with Gasteiger partial charge in [0.15, 0.2) is 0 Å². The molecule has 0 bridgehead atoms. The van der Waals surface area contributed by atoms with Crippen molar-refractivity contribution in [3.05, 3.63) is 238 Å². The molecule has 1 aromatic heterocycles. The molecular formula is C55H49N. The Morgan fingerprint density at radius 3 is 2.02 bits per heavy atom. The van der Waals surface area contributed by atoms with Crippen LogP contribution in [0.15, 0.2) is 200 Å². The van der Waals surface area contributed by atoms with Crippen molar-refractivity contribution in [3.63, 3.8) is 0 Å². The Balaban J connectivity index is 1.41. The zero-order valence-electron chi connectivity index (χ0n) is 32.9. The SMILES string of the molecule is CCC(/C=C1/C(c2cccc(C3=CC(C)C=CC=C3)c2)=c2ccccc2=C(c2cccc(-c3cccnc3)c2)C1C)/C(=C(\C)c1ccccc1)c1ccccc1. The highest BCUT2D eigenvalue weighted by Gasteiger charge is 2.28. The fourth-order valence-corrected chi connectivity index (χ4v) is 8.68. The molecule has 0 saturated carbocycles. The van der Waals surface area contributed by atoms with Crippen LogP contribution < -0.4 is 10.4 Å². The van der Waals surface area contributed by atoms with E-state index in [4.69, 9.17) is 0 Å². The van der Waals surface area contributed by atoms with Gasteiger partial charge >= 0.3 is 0 Å². The predicted octanol–water partition coefficient (Wildman–Crippen LogP) is 12.5. The minimum Gasteiger partial charge on any atom is -0.264 e. The molecule has 1 heterocycles. The molecule has 274 valence electrons. The van der Waals surface area contributed by atoms with Gasteiger partial charge in [0.1, 0.15) is 0 Å². The summed E-state index contributed by atoms with van der Waals surface area (Å²) in [5.41, 5.74) is 16.5. The van der Waals surface area contributed by atoms with Crippen LogP contribution in [0.2, 0.25) is 0 Å². The lowest BCUT2D eigenvalue weighted by Gasteiger charge is -2.30. The lowest BCUT2D eigenvalue weighted by atomic mass is 9.73. The molecule has 1 nitrogen and oxygen atoms in total. The first-order valence-corrected chi connectivity index (χ1v) is 20.1. The van der Waals surface area contributed by atoms with Gasteiger partial charge in [-0.2, -0.15) is 0 Å². The van der Waals surface area contributed by atoms with E-state index in [9.17, 15) is 0 Å². The Morgan fingerprint density at radius 1 is 0.643 bits per heavy atom. The fourth-order valence-electron chi connectivity index (χ4n) is 8.68. The van der Waals surface area contributed by atoms with Gasteiger partial charge in [0.25, 0.3) is 0 Å². The van der Waals surface area contributed by atoms with E-state index in [-0.39, 0.29) is 11.8 Å². The van der Waals surface area contributed by atoms with Crippen molar-refractivity contribution >= 4 is 27.9 Å². The quantitative estimate of drug-likeness (QED) is 0.135. The molecule has 8 rings (SSSR count). The molecule has 0 N–H and O–H groups in total. The molecule has 56 heavy (non-hydrogen) atoms. The van der Waals surface area contributed by atoms with Crippen LogP contribution in [0.3, 0.4) is 0 Å². The minimum atomic E-state index is 0.108. The number of pyridine rings is 1. The zero-order valence-corrected chi connectivity index (χ0v) is 32.9. The number of nitrogens with zero attached hydrogens (tertiary/aromatic N) is 1. The molecule has 2 aliphatic rings. The van der Waals surface area contributed by atoms with Gasteiger partial charge in [-0.1, -0.05) is 185 Å². The van der Waals surface area contributed by atoms with Crippen molar-refractivity contribution in [2.75, 3.05) is 0 Å². The second-order valence-electron chi connectivity index (χ2n) is 15.1. The van der Waals surface area contributed by atoms with Gasteiger partial charge in [0.05, 0.1) is 0 Å². The van der Waals surface area contributed by atoms with Crippen molar-refractivity contribution in [2.24, 2.45) is 17.8 Å². The summed E-state index contributed by atoms with van der Waals surface area (Å²) < 4.78 is 0. The van der Waals surface area contributed by atoms with E-state index in [1.54, 1.807) is 0 Å². The van der Waals surface area contributed by atoms with Crippen molar-refractivity contribution in [3.8, 4) is 11.1 Å². The van der Waals surface area contributed by atoms with Crippen LogP contribution in [0.5, 0.6) is 0 Å². The Kier molecular flexibility index (Phi) is 10.9. The first-order chi connectivity index (χ1) is 27.5. The highest BCUT2D eigenvalue weighted by atomic mass is 14.6. The molecule has 2 aliphatic carbocycles. The van der Waals surface area contributed by atoms with Crippen LogP contribution in [0.1, 0.15) is 61.9 Å². The largest absolute Gasteiger partial charge is 0.264 e. The second kappa shape index (κ2) is 16.6. The van der Waals surface area contributed by atoms with Gasteiger partial charge < -0.3 is 0 Å². The fraction of sp³-hybridized carbons (Fsp3) is 0.145. The van der Waals surface area contributed by atoms with Crippen LogP contribution >= 0.6 is 0 Å². The van der Waals surface area contributed by atoms with Crippen LogP contribution in [0.4, 0.5) is 0 Å². The van der Waals surface area contributed by atoms with Crippen LogP contribution in [-0.4, -0.2) is 4.98 Å². The van der Waals surface area contributed by atoms with E-state index < -0.39 is 0 Å². The summed E-state index contributed by atoms with van der Waals surface area (Å²) in [4.78, 5) is 4.44. The summed E-state index contributed by atoms with van der Waals surface area (Å²) in [7, 11) is 0. The third kappa shape index (κ3) is 7.51. The lowest BCUT2D eigenvalue weighted by molar-refractivity contribution is 0.771. The number of aromatic nitrogens is 1. The summed E-state index contributed by atoms with van der Waals surface area (Å²) in [6.45, 7) is 9.32. The molecule has 5 aromatic carbocycles. The maximum Gasteiger partial charge on any atom is 0.0346 e. The number of allylic oxidation sites excluding steroid dienone is 10. The maximum absolute atomic E-state index is 4.44. The molecule has 0 saturated heterocycles. The first kappa shape index (κ1) is 36.7. The Morgan fingerprint density at radius 2 is 1.29 bits per heavy atom. The van der Waals surface area contributed by atoms with Crippen LogP contribution in [0.25, 0.3) is 39.0 Å². The number of rotatable bonds is 9. The lowest BCUT2D eigenvalue weighted by Crippen LogP contribution is -2.37. The molecule has 3 atom stereocenters. The minimum absolute atomic E-state index is 0.108. The van der Waals surface area contributed by atoms with Gasteiger partial charge in [0.2, 0.25) is 0 Å². The van der Waals surface area contributed by atoms with Crippen LogP contribution in [0, 0.1) is 17.8 Å². The third-order valence-corrected chi connectivity index (χ3v) is 11.5. The van der Waals surface area contributed by atoms with Gasteiger partial charge in [-0.3, -0.25) is 4.98 Å². The topological polar surface area (TPSA) is 12.9 Å². The van der Waals surface area contributed by atoms with E-state index in [1.807, 2.05) is 18.5 Å². The summed E-state index contributed by atoms with van der Waals surface area (Å²) in [6.07, 6.45) is 18.6. The summed E-state index contributed by atoms with van der Waals surface area (Å²) in [5, 5.41) is 2.57. The van der Waals surface area contributed by atoms with Gasteiger partial charge in [-0.25, -0.2) is 0 Å². The van der Waals surface area contributed by atoms with Crippen molar-refractivity contribution in [1.29, 1.82) is 0 Å². The van der Waals surface area contributed by atoms with Gasteiger partial charge in [-0.05, 0) is 115 Å². The smallest absolute Gasteiger partial charge is 0.0346 e. The van der Waals surface area contributed by atoms with E-state index in [1.165, 1.54) is 77.3 Å². The average molecular weight is 724 g/mol. The number of hydrogen-bond acceptors (Lipinski definition) is 1. The Bertz CT molecular complexity index is 2640. The zero-order chi connectivity index (χ0) is 38.4. The van der Waals surface area contributed by atoms with Crippen LogP contribution in [-0.2, 0) is 0 Å². The van der Waals surface area contributed by atoms with Crippen molar-refractivity contribution in [1.82, 2.24) is 4.98 Å². The molecule has 6 aromatic rings. The molecule has 0 fully saturated rings. The number of fused-ring (bicyclic) bond motifs is 1. The Labute approximate surface area is 332 Å². The number of benzene rings is 5. The highest BCUT2D eigenvalue weighted by Crippen LogP contribution is 2.42. The maximum atomic E-state index is 4.44. The third-order valence-electron chi connectivity index (χ3n) is 11.5. The van der Waals surface area contributed by atoms with Gasteiger partial charge in [0, 0.05) is 29.8 Å². The molecule has 3 unspecified atom stereocenters. The number of hydrogen-bond donors (Lipinski definition) is 0. The molecule has 0 aliphatic heterocycles. The molecule has 0 radical (unpaired) electrons. The molecule has 0 amide bonds. The molecule has 1 heteroatoms. The average Bonchev–Trinajstić information content (AvgIpc) is 3.48. The van der Waals surface area contributed by atoms with E-state index in [0.29, 0.717) is 5.92 Å². The van der Waals surface area contributed by atoms with Crippen molar-refractivity contribution < 1.29 is 0 Å². The summed E-state index contributed by atoms with van der Waals surface area (Å²) in [5.74, 6) is 0.640. The van der Waals surface area contributed by atoms with E-state index in [2.05, 4.69) is 209 Å². The molecular weight excluding hydrogens is 675 g/mol. The van der Waals surface area contributed by atoms with E-state index >= 15 is 0 Å². The standard InChI is InChI=1S/C55H49N/c1-5-41(53(43-22-10-7-11-23-43)39(3)42-20-8-6-9-21-42)36-52-40(4)54(47-27-17-26-46(35-47)49-29-18-32-56-37-49)50-30-14-15-31-51(50)55(52)48-28-16-25-45(34-48)44-24-13-12-19-38(2)33-44/h6-38,40-41H,5H2,1-4H3/b52-36+,53-39-. The van der Waals surface area contributed by atoms with Gasteiger partial charge in [-0.15, -0.1) is 0 Å². The Hall–Kier alpha value is -6.31. The monoisotopic (exact) mass is 723 g/mol. The second-order valence-corrected chi connectivity index (χ2v) is 15.1. The highest BCUT2D eigenvalue weighted by molar-refractivity contribution is 5.94. The van der Waals surface area contributed by atoms with E-state index in [0.717, 1.165) is 12.0 Å². The summed E-state index contributed by atoms with van der Waals surface area (Å²) >= 11 is 0.